The van der Waals surface area contributed by atoms with Gasteiger partial charge in [0.25, 0.3) is 0 Å². The molecule has 0 aromatic heterocycles. The predicted octanol–water partition coefficient (Wildman–Crippen LogP) is 3.06. The van der Waals surface area contributed by atoms with Gasteiger partial charge < -0.3 is 18.9 Å². The minimum absolute atomic E-state index is 0.237. The molecule has 1 aromatic carbocycles. The molecular formula is C19H26O6. The standard InChI is InChI=1S/C19H26O6/c1-4-19(10-22-13-23-11-19)12-25-18(21)16-7-5-15(6-8-16)17(20)24-9-14(2)3/h5-8,14H,4,9-13H2,1-3H3. The zero-order valence-corrected chi connectivity index (χ0v) is 15.1. The van der Waals surface area contributed by atoms with Crippen molar-refractivity contribution in [3.8, 4) is 0 Å². The quantitative estimate of drug-likeness (QED) is 0.704. The first-order valence-electron chi connectivity index (χ1n) is 8.55. The second-order valence-electron chi connectivity index (χ2n) is 6.81. The molecule has 1 aliphatic heterocycles. The summed E-state index contributed by atoms with van der Waals surface area (Å²) in [5.41, 5.74) is 0.509. The fraction of sp³-hybridized carbons (Fsp3) is 0.579. The maximum absolute atomic E-state index is 12.2. The van der Waals surface area contributed by atoms with E-state index >= 15 is 0 Å². The number of carbonyl (C=O) groups excluding carboxylic acids is 2. The molecule has 1 heterocycles. The Morgan fingerprint density at radius 1 is 1.04 bits per heavy atom. The fourth-order valence-corrected chi connectivity index (χ4v) is 2.38. The molecule has 138 valence electrons. The molecule has 0 unspecified atom stereocenters. The Kier molecular flexibility index (Phi) is 6.96. The van der Waals surface area contributed by atoms with Crippen molar-refractivity contribution in [2.75, 3.05) is 33.2 Å². The molecule has 1 saturated heterocycles. The van der Waals surface area contributed by atoms with Gasteiger partial charge >= 0.3 is 11.9 Å². The van der Waals surface area contributed by atoms with E-state index in [1.807, 2.05) is 20.8 Å². The van der Waals surface area contributed by atoms with Crippen LogP contribution in [0.4, 0.5) is 0 Å². The van der Waals surface area contributed by atoms with E-state index < -0.39 is 11.9 Å². The number of rotatable bonds is 7. The number of ether oxygens (including phenoxy) is 4. The van der Waals surface area contributed by atoms with Gasteiger partial charge in [0.05, 0.1) is 36.4 Å². The topological polar surface area (TPSA) is 71.1 Å². The summed E-state index contributed by atoms with van der Waals surface area (Å²) in [5.74, 6) is -0.549. The smallest absolute Gasteiger partial charge is 0.338 e. The van der Waals surface area contributed by atoms with Gasteiger partial charge in [-0.15, -0.1) is 0 Å². The zero-order chi connectivity index (χ0) is 18.3. The van der Waals surface area contributed by atoms with Crippen LogP contribution < -0.4 is 0 Å². The molecular weight excluding hydrogens is 324 g/mol. The average molecular weight is 350 g/mol. The van der Waals surface area contributed by atoms with Gasteiger partial charge in [0, 0.05) is 0 Å². The van der Waals surface area contributed by atoms with Crippen LogP contribution in [0.15, 0.2) is 24.3 Å². The van der Waals surface area contributed by atoms with Gasteiger partial charge in [-0.2, -0.15) is 0 Å². The Morgan fingerprint density at radius 2 is 1.56 bits per heavy atom. The molecule has 25 heavy (non-hydrogen) atoms. The van der Waals surface area contributed by atoms with Gasteiger partial charge in [0.2, 0.25) is 0 Å². The first-order valence-corrected chi connectivity index (χ1v) is 8.55. The third-order valence-electron chi connectivity index (χ3n) is 4.15. The molecule has 6 heteroatoms. The second-order valence-corrected chi connectivity index (χ2v) is 6.81. The molecule has 1 aliphatic rings. The normalized spacial score (nSPS) is 16.5. The highest BCUT2D eigenvalue weighted by atomic mass is 16.7. The minimum atomic E-state index is -0.430. The van der Waals surface area contributed by atoms with Crippen molar-refractivity contribution in [3.05, 3.63) is 35.4 Å². The molecule has 1 fully saturated rings. The summed E-state index contributed by atoms with van der Waals surface area (Å²) in [4.78, 5) is 24.1. The maximum atomic E-state index is 12.2. The molecule has 0 radical (unpaired) electrons. The van der Waals surface area contributed by atoms with Crippen molar-refractivity contribution in [1.29, 1.82) is 0 Å². The third-order valence-corrected chi connectivity index (χ3v) is 4.15. The lowest BCUT2D eigenvalue weighted by Gasteiger charge is -2.35. The summed E-state index contributed by atoms with van der Waals surface area (Å²) in [6.07, 6.45) is 0.793. The molecule has 0 bridgehead atoms. The molecule has 0 saturated carbocycles. The Labute approximate surface area is 148 Å². The lowest BCUT2D eigenvalue weighted by molar-refractivity contribution is -0.177. The molecule has 0 aliphatic carbocycles. The van der Waals surface area contributed by atoms with E-state index in [0.717, 1.165) is 6.42 Å². The van der Waals surface area contributed by atoms with Crippen molar-refractivity contribution >= 4 is 11.9 Å². The van der Waals surface area contributed by atoms with Crippen LogP contribution >= 0.6 is 0 Å². The summed E-state index contributed by atoms with van der Waals surface area (Å²) in [6, 6.07) is 6.28. The predicted molar refractivity (Wildman–Crippen MR) is 91.3 cm³/mol. The second kappa shape index (κ2) is 8.97. The number of hydrogen-bond acceptors (Lipinski definition) is 6. The third kappa shape index (κ3) is 5.54. The van der Waals surface area contributed by atoms with E-state index in [-0.39, 0.29) is 24.7 Å². The summed E-state index contributed by atoms with van der Waals surface area (Å²) < 4.78 is 21.3. The average Bonchev–Trinajstić information content (AvgIpc) is 2.65. The van der Waals surface area contributed by atoms with Crippen molar-refractivity contribution in [2.45, 2.75) is 27.2 Å². The van der Waals surface area contributed by atoms with E-state index in [2.05, 4.69) is 0 Å². The van der Waals surface area contributed by atoms with Gasteiger partial charge in [-0.3, -0.25) is 0 Å². The maximum Gasteiger partial charge on any atom is 0.338 e. The molecule has 0 N–H and O–H groups in total. The minimum Gasteiger partial charge on any atom is -0.462 e. The Morgan fingerprint density at radius 3 is 2.04 bits per heavy atom. The van der Waals surface area contributed by atoms with Gasteiger partial charge in [-0.1, -0.05) is 20.8 Å². The number of benzene rings is 1. The highest BCUT2D eigenvalue weighted by Crippen LogP contribution is 2.27. The van der Waals surface area contributed by atoms with E-state index in [1.165, 1.54) is 0 Å². The first-order chi connectivity index (χ1) is 12.0. The highest BCUT2D eigenvalue weighted by molar-refractivity contribution is 5.93. The number of hydrogen-bond donors (Lipinski definition) is 0. The molecule has 6 nitrogen and oxygen atoms in total. The number of esters is 2. The Hall–Kier alpha value is -1.92. The van der Waals surface area contributed by atoms with Crippen LogP contribution in [0.5, 0.6) is 0 Å². The van der Waals surface area contributed by atoms with Crippen LogP contribution in [-0.4, -0.2) is 45.2 Å². The lowest BCUT2D eigenvalue weighted by atomic mass is 9.87. The van der Waals surface area contributed by atoms with Gasteiger partial charge in [-0.05, 0) is 36.6 Å². The van der Waals surface area contributed by atoms with Crippen molar-refractivity contribution in [2.24, 2.45) is 11.3 Å². The van der Waals surface area contributed by atoms with Gasteiger partial charge in [-0.25, -0.2) is 9.59 Å². The van der Waals surface area contributed by atoms with Crippen LogP contribution in [0.3, 0.4) is 0 Å². The van der Waals surface area contributed by atoms with Gasteiger partial charge in [0.15, 0.2) is 0 Å². The zero-order valence-electron chi connectivity index (χ0n) is 15.1. The van der Waals surface area contributed by atoms with E-state index in [9.17, 15) is 9.59 Å². The molecule has 0 amide bonds. The van der Waals surface area contributed by atoms with Gasteiger partial charge in [0.1, 0.15) is 13.4 Å². The fourth-order valence-electron chi connectivity index (χ4n) is 2.38. The summed E-state index contributed by atoms with van der Waals surface area (Å²) in [7, 11) is 0. The largest absolute Gasteiger partial charge is 0.462 e. The summed E-state index contributed by atoms with van der Waals surface area (Å²) in [5, 5.41) is 0. The molecule has 2 rings (SSSR count). The lowest BCUT2D eigenvalue weighted by Crippen LogP contribution is -2.41. The van der Waals surface area contributed by atoms with Crippen molar-refractivity contribution < 1.29 is 28.5 Å². The monoisotopic (exact) mass is 350 g/mol. The first kappa shape index (κ1) is 19.4. The van der Waals surface area contributed by atoms with Crippen LogP contribution in [0, 0.1) is 11.3 Å². The van der Waals surface area contributed by atoms with E-state index in [0.29, 0.717) is 30.9 Å². The van der Waals surface area contributed by atoms with Crippen LogP contribution in [0.25, 0.3) is 0 Å². The summed E-state index contributed by atoms with van der Waals surface area (Å²) in [6.45, 7) is 7.87. The van der Waals surface area contributed by atoms with Crippen molar-refractivity contribution in [1.82, 2.24) is 0 Å². The Balaban J connectivity index is 1.90. The molecule has 0 atom stereocenters. The molecule has 1 aromatic rings. The molecule has 0 spiro atoms. The van der Waals surface area contributed by atoms with Crippen molar-refractivity contribution in [3.63, 3.8) is 0 Å². The van der Waals surface area contributed by atoms with Crippen LogP contribution in [0.2, 0.25) is 0 Å². The Bertz CT molecular complexity index is 572. The SMILES string of the molecule is CCC1(COC(=O)c2ccc(C(=O)OCC(C)C)cc2)COCOC1. The highest BCUT2D eigenvalue weighted by Gasteiger charge is 2.33. The van der Waals surface area contributed by atoms with Crippen LogP contribution in [-0.2, 0) is 18.9 Å². The van der Waals surface area contributed by atoms with E-state index in [1.54, 1.807) is 24.3 Å². The van der Waals surface area contributed by atoms with E-state index in [4.69, 9.17) is 18.9 Å². The number of carbonyl (C=O) groups is 2. The summed E-state index contributed by atoms with van der Waals surface area (Å²) >= 11 is 0. The van der Waals surface area contributed by atoms with Crippen LogP contribution in [0.1, 0.15) is 47.9 Å².